The van der Waals surface area contributed by atoms with Crippen LogP contribution in [0.15, 0.2) is 18.2 Å². The van der Waals surface area contributed by atoms with Crippen LogP contribution < -0.4 is 0 Å². The summed E-state index contributed by atoms with van der Waals surface area (Å²) in [7, 11) is 0. The van der Waals surface area contributed by atoms with Crippen molar-refractivity contribution in [2.24, 2.45) is 0 Å². The van der Waals surface area contributed by atoms with Gasteiger partial charge in [-0.05, 0) is 48.3 Å². The SMILES string of the molecule is CC(CBr)c1cccc2c1CCCC2. The monoisotopic (exact) mass is 252 g/mol. The Hall–Kier alpha value is -0.300. The molecule has 1 aromatic carbocycles. The number of halogens is 1. The topological polar surface area (TPSA) is 0 Å². The summed E-state index contributed by atoms with van der Waals surface area (Å²) in [6.07, 6.45) is 5.33. The van der Waals surface area contributed by atoms with Gasteiger partial charge in [-0.15, -0.1) is 0 Å². The minimum Gasteiger partial charge on any atom is -0.0922 e. The van der Waals surface area contributed by atoms with Gasteiger partial charge in [-0.3, -0.25) is 0 Å². The summed E-state index contributed by atoms with van der Waals surface area (Å²) in [5, 5.41) is 1.07. The minimum atomic E-state index is 0.656. The van der Waals surface area contributed by atoms with Gasteiger partial charge < -0.3 is 0 Å². The van der Waals surface area contributed by atoms with Crippen LogP contribution in [0.5, 0.6) is 0 Å². The van der Waals surface area contributed by atoms with Crippen LogP contribution in [0.2, 0.25) is 0 Å². The van der Waals surface area contributed by atoms with Crippen molar-refractivity contribution in [3.05, 3.63) is 34.9 Å². The van der Waals surface area contributed by atoms with E-state index in [1.807, 2.05) is 0 Å². The molecule has 0 fully saturated rings. The Morgan fingerprint density at radius 3 is 2.86 bits per heavy atom. The lowest BCUT2D eigenvalue weighted by atomic mass is 9.85. The fraction of sp³-hybridized carbons (Fsp3) is 0.538. The zero-order valence-corrected chi connectivity index (χ0v) is 10.3. The van der Waals surface area contributed by atoms with Crippen LogP contribution in [0.1, 0.15) is 42.4 Å². The number of alkyl halides is 1. The predicted molar refractivity (Wildman–Crippen MR) is 65.3 cm³/mol. The second kappa shape index (κ2) is 4.48. The van der Waals surface area contributed by atoms with Crippen molar-refractivity contribution >= 4 is 15.9 Å². The van der Waals surface area contributed by atoms with Gasteiger partial charge in [0, 0.05) is 5.33 Å². The van der Waals surface area contributed by atoms with E-state index in [0.717, 1.165) is 5.33 Å². The fourth-order valence-corrected chi connectivity index (χ4v) is 2.70. The molecular weight excluding hydrogens is 236 g/mol. The second-order valence-corrected chi connectivity index (χ2v) is 4.89. The molecule has 0 spiro atoms. The highest BCUT2D eigenvalue weighted by Gasteiger charge is 2.15. The van der Waals surface area contributed by atoms with Crippen LogP contribution in [0.4, 0.5) is 0 Å². The number of hydrogen-bond acceptors (Lipinski definition) is 0. The summed E-state index contributed by atoms with van der Waals surface area (Å²) < 4.78 is 0. The third-order valence-electron chi connectivity index (χ3n) is 3.19. The normalized spacial score (nSPS) is 17.6. The first-order valence-corrected chi connectivity index (χ1v) is 6.61. The number of benzene rings is 1. The van der Waals surface area contributed by atoms with E-state index in [-0.39, 0.29) is 0 Å². The van der Waals surface area contributed by atoms with Crippen molar-refractivity contribution in [1.82, 2.24) is 0 Å². The van der Waals surface area contributed by atoms with E-state index < -0.39 is 0 Å². The standard InChI is InChI=1S/C13H17Br/c1-10(9-14)12-8-4-6-11-5-2-3-7-13(11)12/h4,6,8,10H,2-3,5,7,9H2,1H3. The van der Waals surface area contributed by atoms with Crippen LogP contribution in [0.25, 0.3) is 0 Å². The van der Waals surface area contributed by atoms with Gasteiger partial charge in [-0.25, -0.2) is 0 Å². The van der Waals surface area contributed by atoms with Crippen molar-refractivity contribution in [1.29, 1.82) is 0 Å². The van der Waals surface area contributed by atoms with E-state index in [4.69, 9.17) is 0 Å². The van der Waals surface area contributed by atoms with Crippen LogP contribution in [-0.4, -0.2) is 5.33 Å². The molecule has 2 rings (SSSR count). The molecule has 0 bridgehead atoms. The Balaban J connectivity index is 2.39. The van der Waals surface area contributed by atoms with E-state index in [2.05, 4.69) is 41.1 Å². The highest BCUT2D eigenvalue weighted by atomic mass is 79.9. The molecule has 0 nitrogen and oxygen atoms in total. The molecule has 0 saturated heterocycles. The molecule has 0 amide bonds. The smallest absolute Gasteiger partial charge is 0.00976 e. The number of aryl methyl sites for hydroxylation is 1. The Morgan fingerprint density at radius 2 is 2.07 bits per heavy atom. The molecule has 0 saturated carbocycles. The number of rotatable bonds is 2. The van der Waals surface area contributed by atoms with Crippen LogP contribution in [0, 0.1) is 0 Å². The molecule has 14 heavy (non-hydrogen) atoms. The van der Waals surface area contributed by atoms with Gasteiger partial charge in [0.2, 0.25) is 0 Å². The van der Waals surface area contributed by atoms with E-state index in [1.54, 1.807) is 16.7 Å². The van der Waals surface area contributed by atoms with Crippen molar-refractivity contribution < 1.29 is 0 Å². The minimum absolute atomic E-state index is 0.656. The Morgan fingerprint density at radius 1 is 1.29 bits per heavy atom. The second-order valence-electron chi connectivity index (χ2n) is 4.25. The molecule has 0 N–H and O–H groups in total. The quantitative estimate of drug-likeness (QED) is 0.697. The predicted octanol–water partition coefficient (Wildman–Crippen LogP) is 4.06. The lowest BCUT2D eigenvalue weighted by Gasteiger charge is -2.21. The maximum absolute atomic E-state index is 3.58. The van der Waals surface area contributed by atoms with Gasteiger partial charge in [-0.1, -0.05) is 41.1 Å². The van der Waals surface area contributed by atoms with E-state index in [1.165, 1.54) is 25.7 Å². The Bertz CT molecular complexity index is 317. The maximum atomic E-state index is 3.58. The molecule has 0 heterocycles. The molecule has 1 atom stereocenters. The van der Waals surface area contributed by atoms with E-state index >= 15 is 0 Å². The van der Waals surface area contributed by atoms with Crippen molar-refractivity contribution in [3.63, 3.8) is 0 Å². The molecule has 0 aliphatic heterocycles. The molecule has 1 heteroatoms. The van der Waals surface area contributed by atoms with Crippen molar-refractivity contribution in [2.45, 2.75) is 38.5 Å². The maximum Gasteiger partial charge on any atom is 0.00976 e. The summed E-state index contributed by atoms with van der Waals surface area (Å²) in [4.78, 5) is 0. The van der Waals surface area contributed by atoms with Gasteiger partial charge in [0.1, 0.15) is 0 Å². The highest BCUT2D eigenvalue weighted by molar-refractivity contribution is 9.09. The summed E-state index contributed by atoms with van der Waals surface area (Å²) in [5.74, 6) is 0.656. The molecule has 1 aromatic rings. The van der Waals surface area contributed by atoms with Gasteiger partial charge in [-0.2, -0.15) is 0 Å². The summed E-state index contributed by atoms with van der Waals surface area (Å²) in [5.41, 5.74) is 4.81. The molecule has 0 aromatic heterocycles. The first kappa shape index (κ1) is 10.2. The van der Waals surface area contributed by atoms with Crippen LogP contribution in [0.3, 0.4) is 0 Å². The zero-order chi connectivity index (χ0) is 9.97. The van der Waals surface area contributed by atoms with Gasteiger partial charge in [0.25, 0.3) is 0 Å². The lowest BCUT2D eigenvalue weighted by Crippen LogP contribution is -2.08. The largest absolute Gasteiger partial charge is 0.0922 e. The molecule has 1 aliphatic carbocycles. The lowest BCUT2D eigenvalue weighted by molar-refractivity contribution is 0.672. The molecule has 1 aliphatic rings. The third-order valence-corrected chi connectivity index (χ3v) is 4.17. The Kier molecular flexibility index (Phi) is 3.27. The summed E-state index contributed by atoms with van der Waals surface area (Å²) in [6, 6.07) is 6.83. The number of hydrogen-bond donors (Lipinski definition) is 0. The first-order chi connectivity index (χ1) is 6.83. The Labute approximate surface area is 94.8 Å². The van der Waals surface area contributed by atoms with Crippen LogP contribution in [-0.2, 0) is 12.8 Å². The fourth-order valence-electron chi connectivity index (χ4n) is 2.36. The molecule has 76 valence electrons. The molecule has 1 unspecified atom stereocenters. The molecular formula is C13H17Br. The third kappa shape index (κ3) is 1.88. The zero-order valence-electron chi connectivity index (χ0n) is 8.72. The summed E-state index contributed by atoms with van der Waals surface area (Å²) >= 11 is 3.58. The average Bonchev–Trinajstić information content (AvgIpc) is 2.27. The van der Waals surface area contributed by atoms with Crippen LogP contribution >= 0.6 is 15.9 Å². The highest BCUT2D eigenvalue weighted by Crippen LogP contribution is 2.29. The van der Waals surface area contributed by atoms with E-state index in [0.29, 0.717) is 5.92 Å². The average molecular weight is 253 g/mol. The van der Waals surface area contributed by atoms with Crippen molar-refractivity contribution in [2.75, 3.05) is 5.33 Å². The van der Waals surface area contributed by atoms with E-state index in [9.17, 15) is 0 Å². The van der Waals surface area contributed by atoms with Crippen molar-refractivity contribution in [3.8, 4) is 0 Å². The van der Waals surface area contributed by atoms with Gasteiger partial charge in [0.05, 0.1) is 0 Å². The first-order valence-electron chi connectivity index (χ1n) is 5.49. The van der Waals surface area contributed by atoms with Gasteiger partial charge in [0.15, 0.2) is 0 Å². The number of fused-ring (bicyclic) bond motifs is 1. The summed E-state index contributed by atoms with van der Waals surface area (Å²) in [6.45, 7) is 2.30. The van der Waals surface area contributed by atoms with Gasteiger partial charge >= 0.3 is 0 Å². The molecule has 0 radical (unpaired) electrons.